The molecule has 0 aliphatic heterocycles. The molecule has 0 aromatic heterocycles. The van der Waals surface area contributed by atoms with Gasteiger partial charge in [0.05, 0.1) is 0 Å². The van der Waals surface area contributed by atoms with Crippen molar-refractivity contribution in [3.63, 3.8) is 0 Å². The van der Waals surface area contributed by atoms with E-state index in [2.05, 4.69) is 20.8 Å². The average molecular weight is 238 g/mol. The van der Waals surface area contributed by atoms with Crippen molar-refractivity contribution < 1.29 is 0 Å². The van der Waals surface area contributed by atoms with Crippen LogP contribution in [0.2, 0.25) is 0 Å². The van der Waals surface area contributed by atoms with Gasteiger partial charge < -0.3 is 0 Å². The summed E-state index contributed by atoms with van der Waals surface area (Å²) in [5.41, 5.74) is 0. The number of hydrogen-bond donors (Lipinski definition) is 0. The maximum Gasteiger partial charge on any atom is -0.0414 e. The third-order valence-electron chi connectivity index (χ3n) is 4.51. The largest absolute Gasteiger partial charge is 0.0628 e. The highest BCUT2D eigenvalue weighted by atomic mass is 14.2. The standard InChI is InChI=1S/C17H34/c1-15(2)9-7-10-16(3)11-8-14-17-12-5-4-6-13-17/h15-17H,4-14H2,1-3H3. The molecule has 1 saturated carbocycles. The molecule has 0 nitrogen and oxygen atoms in total. The molecular weight excluding hydrogens is 204 g/mol. The van der Waals surface area contributed by atoms with Crippen LogP contribution >= 0.6 is 0 Å². The maximum atomic E-state index is 2.46. The molecular formula is C17H34. The predicted molar refractivity (Wildman–Crippen MR) is 78.3 cm³/mol. The fraction of sp³-hybridized carbons (Fsp3) is 1.00. The van der Waals surface area contributed by atoms with E-state index in [9.17, 15) is 0 Å². The van der Waals surface area contributed by atoms with Crippen LogP contribution in [0.4, 0.5) is 0 Å². The lowest BCUT2D eigenvalue weighted by molar-refractivity contribution is 0.316. The van der Waals surface area contributed by atoms with E-state index in [4.69, 9.17) is 0 Å². The van der Waals surface area contributed by atoms with Crippen LogP contribution in [0.15, 0.2) is 0 Å². The van der Waals surface area contributed by atoms with E-state index >= 15 is 0 Å². The van der Waals surface area contributed by atoms with Crippen LogP contribution in [0, 0.1) is 17.8 Å². The Bertz CT molecular complexity index is 165. The van der Waals surface area contributed by atoms with Crippen molar-refractivity contribution in [2.24, 2.45) is 17.8 Å². The van der Waals surface area contributed by atoms with Gasteiger partial charge in [-0.3, -0.25) is 0 Å². The zero-order valence-electron chi connectivity index (χ0n) is 12.5. The summed E-state index contributed by atoms with van der Waals surface area (Å²) < 4.78 is 0. The fourth-order valence-corrected chi connectivity index (χ4v) is 3.25. The minimum Gasteiger partial charge on any atom is -0.0628 e. The third kappa shape index (κ3) is 7.84. The number of hydrogen-bond acceptors (Lipinski definition) is 0. The first-order valence-corrected chi connectivity index (χ1v) is 8.18. The normalized spacial score (nSPS) is 19.8. The van der Waals surface area contributed by atoms with Crippen molar-refractivity contribution >= 4 is 0 Å². The Kier molecular flexibility index (Phi) is 7.97. The first-order valence-electron chi connectivity index (χ1n) is 8.18. The van der Waals surface area contributed by atoms with Crippen LogP contribution in [-0.4, -0.2) is 0 Å². The smallest absolute Gasteiger partial charge is 0.0414 e. The Morgan fingerprint density at radius 1 is 0.824 bits per heavy atom. The van der Waals surface area contributed by atoms with Crippen LogP contribution in [0.3, 0.4) is 0 Å². The van der Waals surface area contributed by atoms with E-state index in [1.54, 1.807) is 0 Å². The van der Waals surface area contributed by atoms with E-state index < -0.39 is 0 Å². The summed E-state index contributed by atoms with van der Waals surface area (Å²) in [6.07, 6.45) is 16.4. The van der Waals surface area contributed by atoms with Gasteiger partial charge in [0.2, 0.25) is 0 Å². The van der Waals surface area contributed by atoms with Gasteiger partial charge in [-0.1, -0.05) is 91.4 Å². The van der Waals surface area contributed by atoms with Crippen LogP contribution in [-0.2, 0) is 0 Å². The van der Waals surface area contributed by atoms with Crippen LogP contribution in [0.5, 0.6) is 0 Å². The molecule has 0 N–H and O–H groups in total. The lowest BCUT2D eigenvalue weighted by Gasteiger charge is -2.22. The SMILES string of the molecule is CC(C)CCCC(C)CCCC1CCCCC1. The summed E-state index contributed by atoms with van der Waals surface area (Å²) in [5, 5.41) is 0. The lowest BCUT2D eigenvalue weighted by Crippen LogP contribution is -2.06. The second kappa shape index (κ2) is 9.00. The molecule has 1 atom stereocenters. The summed E-state index contributed by atoms with van der Waals surface area (Å²) in [6, 6.07) is 0. The lowest BCUT2D eigenvalue weighted by atomic mass is 9.84. The van der Waals surface area contributed by atoms with Gasteiger partial charge in [0.1, 0.15) is 0 Å². The summed E-state index contributed by atoms with van der Waals surface area (Å²) in [7, 11) is 0. The van der Waals surface area contributed by atoms with Gasteiger partial charge in [0.25, 0.3) is 0 Å². The molecule has 0 bridgehead atoms. The van der Waals surface area contributed by atoms with Gasteiger partial charge >= 0.3 is 0 Å². The van der Waals surface area contributed by atoms with Gasteiger partial charge in [-0.15, -0.1) is 0 Å². The summed E-state index contributed by atoms with van der Waals surface area (Å²) in [4.78, 5) is 0. The Hall–Kier alpha value is 0. The van der Waals surface area contributed by atoms with E-state index in [0.29, 0.717) is 0 Å². The van der Waals surface area contributed by atoms with Gasteiger partial charge in [-0.25, -0.2) is 0 Å². The highest BCUT2D eigenvalue weighted by molar-refractivity contribution is 4.66. The summed E-state index contributed by atoms with van der Waals surface area (Å²) in [5.74, 6) is 2.95. The molecule has 102 valence electrons. The summed E-state index contributed by atoms with van der Waals surface area (Å²) >= 11 is 0. The van der Waals surface area contributed by atoms with Gasteiger partial charge in [-0.05, 0) is 17.8 Å². The molecule has 0 aromatic carbocycles. The van der Waals surface area contributed by atoms with Crippen molar-refractivity contribution in [3.8, 4) is 0 Å². The molecule has 1 unspecified atom stereocenters. The molecule has 0 spiro atoms. The Morgan fingerprint density at radius 2 is 1.47 bits per heavy atom. The minimum absolute atomic E-state index is 0.893. The average Bonchev–Trinajstić information content (AvgIpc) is 2.30. The molecule has 0 aromatic rings. The molecule has 0 amide bonds. The van der Waals surface area contributed by atoms with Crippen molar-refractivity contribution in [3.05, 3.63) is 0 Å². The van der Waals surface area contributed by atoms with Gasteiger partial charge in [0, 0.05) is 0 Å². The molecule has 1 rings (SSSR count). The fourth-order valence-electron chi connectivity index (χ4n) is 3.25. The van der Waals surface area contributed by atoms with Crippen molar-refractivity contribution in [1.29, 1.82) is 0 Å². The van der Waals surface area contributed by atoms with E-state index in [1.807, 2.05) is 0 Å². The minimum atomic E-state index is 0.893. The molecule has 1 aliphatic carbocycles. The molecule has 1 fully saturated rings. The summed E-state index contributed by atoms with van der Waals surface area (Å²) in [6.45, 7) is 7.14. The van der Waals surface area contributed by atoms with Crippen molar-refractivity contribution in [2.45, 2.75) is 91.4 Å². The van der Waals surface area contributed by atoms with Crippen molar-refractivity contribution in [1.82, 2.24) is 0 Å². The van der Waals surface area contributed by atoms with E-state index in [-0.39, 0.29) is 0 Å². The molecule has 0 heterocycles. The number of rotatable bonds is 8. The van der Waals surface area contributed by atoms with Gasteiger partial charge in [-0.2, -0.15) is 0 Å². The van der Waals surface area contributed by atoms with Crippen molar-refractivity contribution in [2.75, 3.05) is 0 Å². The van der Waals surface area contributed by atoms with Crippen LogP contribution in [0.25, 0.3) is 0 Å². The highest BCUT2D eigenvalue weighted by Crippen LogP contribution is 2.28. The van der Waals surface area contributed by atoms with Crippen LogP contribution < -0.4 is 0 Å². The Balaban J connectivity index is 1.93. The predicted octanol–water partition coefficient (Wildman–Crippen LogP) is 6.20. The second-order valence-electron chi connectivity index (χ2n) is 6.86. The second-order valence-corrected chi connectivity index (χ2v) is 6.86. The van der Waals surface area contributed by atoms with E-state index in [1.165, 1.54) is 70.6 Å². The topological polar surface area (TPSA) is 0 Å². The molecule has 17 heavy (non-hydrogen) atoms. The monoisotopic (exact) mass is 238 g/mol. The molecule has 1 aliphatic rings. The van der Waals surface area contributed by atoms with E-state index in [0.717, 1.165) is 17.8 Å². The zero-order chi connectivity index (χ0) is 12.5. The Morgan fingerprint density at radius 3 is 2.12 bits per heavy atom. The molecule has 0 radical (unpaired) electrons. The molecule has 0 saturated heterocycles. The zero-order valence-corrected chi connectivity index (χ0v) is 12.5. The third-order valence-corrected chi connectivity index (χ3v) is 4.51. The van der Waals surface area contributed by atoms with Gasteiger partial charge in [0.15, 0.2) is 0 Å². The first kappa shape index (κ1) is 15.1. The quantitative estimate of drug-likeness (QED) is 0.472. The van der Waals surface area contributed by atoms with Crippen LogP contribution in [0.1, 0.15) is 91.4 Å². The first-order chi connectivity index (χ1) is 8.18. The maximum absolute atomic E-state index is 2.46. The Labute approximate surface area is 110 Å². The highest BCUT2D eigenvalue weighted by Gasteiger charge is 2.13. The molecule has 0 heteroatoms.